The van der Waals surface area contributed by atoms with Crippen LogP contribution in [-0.4, -0.2) is 21.8 Å². The molecule has 0 saturated carbocycles. The highest BCUT2D eigenvalue weighted by Gasteiger charge is 1.91. The Morgan fingerprint density at radius 3 is 2.75 bits per heavy atom. The second-order valence-corrected chi connectivity index (χ2v) is 1.64. The van der Waals surface area contributed by atoms with E-state index in [1.165, 1.54) is 0 Å². The number of carbonyl (C=O) groups is 1. The highest BCUT2D eigenvalue weighted by molar-refractivity contribution is 7.63. The van der Waals surface area contributed by atoms with E-state index < -0.39 is 5.97 Å². The standard InChI is InChI=1S/C3H7NO3S/c5-3(6)1-2-4-8-7/h8H,1-2H2,(H,4,7)(H,5,6). The molecule has 0 amide bonds. The SMILES string of the molecule is O=[SH]NCCC(=O)O. The summed E-state index contributed by atoms with van der Waals surface area (Å²) in [5.74, 6) is -0.888. The quantitative estimate of drug-likeness (QED) is 0.341. The van der Waals surface area contributed by atoms with Gasteiger partial charge in [-0.15, -0.1) is 0 Å². The minimum atomic E-state index is -0.888. The summed E-state index contributed by atoms with van der Waals surface area (Å²) in [7, 11) is 0. The van der Waals surface area contributed by atoms with Crippen LogP contribution in [0.25, 0.3) is 0 Å². The van der Waals surface area contributed by atoms with Gasteiger partial charge in [-0.3, -0.25) is 4.79 Å². The summed E-state index contributed by atoms with van der Waals surface area (Å²) in [6.07, 6.45) is 0.00917. The van der Waals surface area contributed by atoms with Crippen molar-refractivity contribution >= 4 is 17.8 Å². The Balaban J connectivity index is 2.93. The molecule has 48 valence electrons. The summed E-state index contributed by atoms with van der Waals surface area (Å²) in [6.45, 7) is 0.250. The van der Waals surface area contributed by atoms with Crippen molar-refractivity contribution < 1.29 is 14.1 Å². The maximum absolute atomic E-state index is 9.73. The fourth-order valence-corrected chi connectivity index (χ4v) is 0.412. The Labute approximate surface area is 50.5 Å². The van der Waals surface area contributed by atoms with Gasteiger partial charge < -0.3 is 5.11 Å². The summed E-state index contributed by atoms with van der Waals surface area (Å²) in [5.41, 5.74) is 0. The van der Waals surface area contributed by atoms with Gasteiger partial charge in [-0.05, 0) is 0 Å². The zero-order chi connectivity index (χ0) is 6.41. The van der Waals surface area contributed by atoms with E-state index in [4.69, 9.17) is 5.11 Å². The van der Waals surface area contributed by atoms with Crippen LogP contribution in [-0.2, 0) is 16.6 Å². The van der Waals surface area contributed by atoms with E-state index in [0.717, 1.165) is 0 Å². The van der Waals surface area contributed by atoms with Gasteiger partial charge in [0.15, 0.2) is 0 Å². The molecule has 0 bridgehead atoms. The van der Waals surface area contributed by atoms with Crippen molar-refractivity contribution in [1.29, 1.82) is 0 Å². The molecule has 0 atom stereocenters. The van der Waals surface area contributed by atoms with Crippen molar-refractivity contribution in [3.05, 3.63) is 0 Å². The van der Waals surface area contributed by atoms with Gasteiger partial charge >= 0.3 is 5.97 Å². The molecule has 0 radical (unpaired) electrons. The molecule has 0 heterocycles. The zero-order valence-corrected chi connectivity index (χ0v) is 5.02. The number of hydrogen-bond acceptors (Lipinski definition) is 2. The highest BCUT2D eigenvalue weighted by atomic mass is 32.2. The molecule has 0 aromatic carbocycles. The van der Waals surface area contributed by atoms with E-state index in [1.807, 2.05) is 0 Å². The first-order chi connectivity index (χ1) is 3.77. The van der Waals surface area contributed by atoms with Crippen molar-refractivity contribution in [2.45, 2.75) is 6.42 Å². The fraction of sp³-hybridized carbons (Fsp3) is 0.667. The Morgan fingerprint density at radius 1 is 1.75 bits per heavy atom. The first-order valence-corrected chi connectivity index (χ1v) is 2.85. The Morgan fingerprint density at radius 2 is 2.38 bits per heavy atom. The molecule has 8 heavy (non-hydrogen) atoms. The zero-order valence-electron chi connectivity index (χ0n) is 4.13. The Bertz CT molecular complexity index is 94.5. The third-order valence-corrected chi connectivity index (χ3v) is 0.868. The molecule has 0 aromatic rings. The maximum Gasteiger partial charge on any atom is 0.304 e. The number of nitrogens with one attached hydrogen (secondary N) is 1. The molecule has 0 fully saturated rings. The molecular formula is C3H7NO3S. The van der Waals surface area contributed by atoms with E-state index in [1.54, 1.807) is 0 Å². The van der Waals surface area contributed by atoms with Crippen LogP contribution in [0.1, 0.15) is 6.42 Å². The smallest absolute Gasteiger partial charge is 0.304 e. The predicted molar refractivity (Wildman–Crippen MR) is 29.8 cm³/mol. The second-order valence-electron chi connectivity index (χ2n) is 1.14. The van der Waals surface area contributed by atoms with Gasteiger partial charge in [0.2, 0.25) is 0 Å². The summed E-state index contributed by atoms with van der Waals surface area (Å²) in [6, 6.07) is 0. The van der Waals surface area contributed by atoms with Crippen LogP contribution in [0.2, 0.25) is 0 Å². The average Bonchev–Trinajstić information content (AvgIpc) is 1.66. The van der Waals surface area contributed by atoms with Crippen LogP contribution in [0.3, 0.4) is 0 Å². The van der Waals surface area contributed by atoms with E-state index in [-0.39, 0.29) is 24.8 Å². The molecule has 0 spiro atoms. The van der Waals surface area contributed by atoms with E-state index in [0.29, 0.717) is 0 Å². The van der Waals surface area contributed by atoms with Crippen molar-refractivity contribution in [1.82, 2.24) is 4.72 Å². The molecule has 0 aliphatic rings. The summed E-state index contributed by atoms with van der Waals surface area (Å²) in [5, 5.41) is 7.99. The van der Waals surface area contributed by atoms with Crippen molar-refractivity contribution in [3.8, 4) is 0 Å². The Hall–Kier alpha value is -0.420. The summed E-state index contributed by atoms with van der Waals surface area (Å²) < 4.78 is 11.9. The van der Waals surface area contributed by atoms with Crippen molar-refractivity contribution in [2.75, 3.05) is 6.54 Å². The minimum Gasteiger partial charge on any atom is -0.481 e. The van der Waals surface area contributed by atoms with E-state index in [9.17, 15) is 9.00 Å². The van der Waals surface area contributed by atoms with Gasteiger partial charge in [-0.1, -0.05) is 0 Å². The molecule has 4 nitrogen and oxygen atoms in total. The van der Waals surface area contributed by atoms with Crippen LogP contribution in [0.4, 0.5) is 0 Å². The van der Waals surface area contributed by atoms with Gasteiger partial charge in [0.25, 0.3) is 0 Å². The average molecular weight is 137 g/mol. The van der Waals surface area contributed by atoms with Gasteiger partial charge in [0.1, 0.15) is 0 Å². The Kier molecular flexibility index (Phi) is 4.48. The van der Waals surface area contributed by atoms with Crippen molar-refractivity contribution in [2.24, 2.45) is 0 Å². The first kappa shape index (κ1) is 7.58. The number of rotatable bonds is 4. The van der Waals surface area contributed by atoms with Crippen LogP contribution in [0.15, 0.2) is 0 Å². The van der Waals surface area contributed by atoms with E-state index in [2.05, 4.69) is 4.72 Å². The molecule has 0 aliphatic heterocycles. The number of carboxylic acids is 1. The largest absolute Gasteiger partial charge is 0.481 e. The number of aliphatic carboxylic acids is 1. The normalized spacial score (nSPS) is 9.00. The summed E-state index contributed by atoms with van der Waals surface area (Å²) in [4.78, 5) is 9.73. The molecule has 5 heteroatoms. The fourth-order valence-electron chi connectivity index (χ4n) is 0.208. The third kappa shape index (κ3) is 5.58. The lowest BCUT2D eigenvalue weighted by atomic mass is 10.5. The summed E-state index contributed by atoms with van der Waals surface area (Å²) >= 11 is -0.213. The number of thiol groups is 1. The minimum absolute atomic E-state index is 0.00917. The van der Waals surface area contributed by atoms with Crippen LogP contribution in [0, 0.1) is 0 Å². The molecule has 0 saturated heterocycles. The van der Waals surface area contributed by atoms with Gasteiger partial charge in [0, 0.05) is 6.54 Å². The monoisotopic (exact) mass is 137 g/mol. The van der Waals surface area contributed by atoms with Crippen LogP contribution < -0.4 is 4.72 Å². The number of carboxylic acid groups (broad SMARTS) is 1. The highest BCUT2D eigenvalue weighted by Crippen LogP contribution is 1.71. The first-order valence-electron chi connectivity index (χ1n) is 2.04. The predicted octanol–water partition coefficient (Wildman–Crippen LogP) is -1.09. The topological polar surface area (TPSA) is 66.4 Å². The molecular weight excluding hydrogens is 130 g/mol. The number of hydrogen-bond donors (Lipinski definition) is 3. The lowest BCUT2D eigenvalue weighted by Gasteiger charge is -1.88. The lowest BCUT2D eigenvalue weighted by molar-refractivity contribution is -0.136. The second kappa shape index (κ2) is 4.73. The van der Waals surface area contributed by atoms with Crippen molar-refractivity contribution in [3.63, 3.8) is 0 Å². The van der Waals surface area contributed by atoms with Crippen LogP contribution in [0.5, 0.6) is 0 Å². The van der Waals surface area contributed by atoms with E-state index >= 15 is 0 Å². The van der Waals surface area contributed by atoms with Gasteiger partial charge in [0.05, 0.1) is 18.3 Å². The van der Waals surface area contributed by atoms with Crippen LogP contribution >= 0.6 is 0 Å². The molecule has 2 N–H and O–H groups in total. The maximum atomic E-state index is 9.73. The molecule has 0 unspecified atom stereocenters. The lowest BCUT2D eigenvalue weighted by Crippen LogP contribution is -2.12. The third-order valence-electron chi connectivity index (χ3n) is 0.515. The molecule has 0 aliphatic carbocycles. The molecule has 0 rings (SSSR count). The van der Waals surface area contributed by atoms with Gasteiger partial charge in [-0.2, -0.15) is 0 Å². The van der Waals surface area contributed by atoms with Gasteiger partial charge in [-0.25, -0.2) is 8.93 Å². The molecule has 0 aromatic heterocycles.